The van der Waals surface area contributed by atoms with Gasteiger partial charge in [0.05, 0.1) is 18.3 Å². The van der Waals surface area contributed by atoms with Crippen LogP contribution in [0.5, 0.6) is 5.75 Å². The number of nitrogens with two attached hydrogens (primary N) is 1. The quantitative estimate of drug-likeness (QED) is 0.839. The number of benzene rings is 1. The fraction of sp³-hybridized carbons (Fsp3) is 0.438. The summed E-state index contributed by atoms with van der Waals surface area (Å²) in [6.07, 6.45) is -0.0915. The van der Waals surface area contributed by atoms with Crippen molar-refractivity contribution in [1.29, 1.82) is 0 Å². The maximum absolute atomic E-state index is 12.7. The Morgan fingerprint density at radius 3 is 2.91 bits per heavy atom. The summed E-state index contributed by atoms with van der Waals surface area (Å²) in [6.45, 7) is 8.12. The second kappa shape index (κ2) is 8.78. The van der Waals surface area contributed by atoms with Crippen molar-refractivity contribution in [2.24, 2.45) is 5.73 Å². The predicted molar refractivity (Wildman–Crippen MR) is 88.7 cm³/mol. The number of morpholine rings is 1. The van der Waals surface area contributed by atoms with E-state index >= 15 is 0 Å². The van der Waals surface area contributed by atoms with Crippen LogP contribution in [0.15, 0.2) is 36.4 Å². The number of hydrogen-bond acceptors (Lipinski definition) is 4. The van der Waals surface area contributed by atoms with Gasteiger partial charge in [0.1, 0.15) is 12.4 Å². The summed E-state index contributed by atoms with van der Waals surface area (Å²) in [7, 11) is 0. The standard InChI is InChI=1S/C16H22N2O3.ClH/c1-12(2)11-21-15-6-4-3-5-14(15)16(19)18-7-8-20-13(9-17)10-18;/h3-6,13H,1,7-11,17H2,2H3;1H. The van der Waals surface area contributed by atoms with E-state index in [4.69, 9.17) is 15.2 Å². The van der Waals surface area contributed by atoms with Gasteiger partial charge in [0, 0.05) is 19.6 Å². The molecule has 1 atom stereocenters. The highest BCUT2D eigenvalue weighted by molar-refractivity contribution is 5.97. The minimum atomic E-state index is -0.0915. The molecule has 1 unspecified atom stereocenters. The molecule has 2 N–H and O–H groups in total. The van der Waals surface area contributed by atoms with Crippen LogP contribution in [0.3, 0.4) is 0 Å². The van der Waals surface area contributed by atoms with Gasteiger partial charge in [0.25, 0.3) is 5.91 Å². The molecule has 5 nitrogen and oxygen atoms in total. The van der Waals surface area contributed by atoms with Crippen LogP contribution in [0.25, 0.3) is 0 Å². The highest BCUT2D eigenvalue weighted by Gasteiger charge is 2.25. The van der Waals surface area contributed by atoms with Crippen molar-refractivity contribution in [3.63, 3.8) is 0 Å². The van der Waals surface area contributed by atoms with Gasteiger partial charge in [-0.1, -0.05) is 18.7 Å². The normalized spacial score (nSPS) is 17.5. The number of carbonyl (C=O) groups is 1. The highest BCUT2D eigenvalue weighted by Crippen LogP contribution is 2.21. The second-order valence-electron chi connectivity index (χ2n) is 5.22. The van der Waals surface area contributed by atoms with Gasteiger partial charge in [0.2, 0.25) is 0 Å². The SMILES string of the molecule is C=C(C)COc1ccccc1C(=O)N1CCOC(CN)C1.Cl. The lowest BCUT2D eigenvalue weighted by Crippen LogP contribution is -2.48. The van der Waals surface area contributed by atoms with Crippen molar-refractivity contribution in [1.82, 2.24) is 4.90 Å². The molecule has 1 saturated heterocycles. The largest absolute Gasteiger partial charge is 0.488 e. The molecular formula is C16H23ClN2O3. The fourth-order valence-electron chi connectivity index (χ4n) is 2.19. The summed E-state index contributed by atoms with van der Waals surface area (Å²) in [6, 6.07) is 7.27. The van der Waals surface area contributed by atoms with E-state index in [1.807, 2.05) is 19.1 Å². The summed E-state index contributed by atoms with van der Waals surface area (Å²) in [5.41, 5.74) is 7.09. The Hall–Kier alpha value is -1.56. The molecule has 22 heavy (non-hydrogen) atoms. The maximum Gasteiger partial charge on any atom is 0.257 e. The number of para-hydroxylation sites is 1. The molecule has 0 bridgehead atoms. The lowest BCUT2D eigenvalue weighted by atomic mass is 10.1. The molecule has 0 saturated carbocycles. The van der Waals surface area contributed by atoms with E-state index in [-0.39, 0.29) is 24.4 Å². The smallest absolute Gasteiger partial charge is 0.257 e. The Kier molecular flexibility index (Phi) is 7.38. The number of nitrogens with zero attached hydrogens (tertiary/aromatic N) is 1. The van der Waals surface area contributed by atoms with E-state index in [9.17, 15) is 4.79 Å². The van der Waals surface area contributed by atoms with E-state index in [0.717, 1.165) is 5.57 Å². The van der Waals surface area contributed by atoms with Gasteiger partial charge in [-0.3, -0.25) is 4.79 Å². The zero-order valence-electron chi connectivity index (χ0n) is 12.8. The Morgan fingerprint density at radius 2 is 2.23 bits per heavy atom. The van der Waals surface area contributed by atoms with E-state index in [2.05, 4.69) is 6.58 Å². The first kappa shape index (κ1) is 18.5. The fourth-order valence-corrected chi connectivity index (χ4v) is 2.19. The molecule has 1 fully saturated rings. The van der Waals surface area contributed by atoms with Crippen LogP contribution in [0.4, 0.5) is 0 Å². The number of amides is 1. The third-order valence-corrected chi connectivity index (χ3v) is 3.28. The van der Waals surface area contributed by atoms with Gasteiger partial charge in [-0.15, -0.1) is 12.4 Å². The Morgan fingerprint density at radius 1 is 1.50 bits per heavy atom. The summed E-state index contributed by atoms with van der Waals surface area (Å²) in [5.74, 6) is 0.537. The topological polar surface area (TPSA) is 64.8 Å². The van der Waals surface area contributed by atoms with E-state index in [1.165, 1.54) is 0 Å². The molecule has 1 aliphatic heterocycles. The molecule has 1 heterocycles. The monoisotopic (exact) mass is 326 g/mol. The van der Waals surface area contributed by atoms with Gasteiger partial charge in [-0.25, -0.2) is 0 Å². The third kappa shape index (κ3) is 4.73. The van der Waals surface area contributed by atoms with E-state index in [1.54, 1.807) is 17.0 Å². The van der Waals surface area contributed by atoms with Crippen LogP contribution in [0.1, 0.15) is 17.3 Å². The van der Waals surface area contributed by atoms with Gasteiger partial charge in [-0.05, 0) is 24.6 Å². The molecule has 1 aromatic rings. The number of ether oxygens (including phenoxy) is 2. The molecule has 1 aliphatic rings. The van der Waals surface area contributed by atoms with Gasteiger partial charge >= 0.3 is 0 Å². The van der Waals surface area contributed by atoms with Crippen molar-refractivity contribution in [2.45, 2.75) is 13.0 Å². The minimum absolute atomic E-state index is 0. The van der Waals surface area contributed by atoms with Crippen molar-refractivity contribution >= 4 is 18.3 Å². The van der Waals surface area contributed by atoms with Crippen LogP contribution >= 0.6 is 12.4 Å². The summed E-state index contributed by atoms with van der Waals surface area (Å²) in [4.78, 5) is 14.4. The Balaban J connectivity index is 0.00000242. The molecule has 0 spiro atoms. The molecular weight excluding hydrogens is 304 g/mol. The minimum Gasteiger partial charge on any atom is -0.488 e. The van der Waals surface area contributed by atoms with Crippen molar-refractivity contribution in [3.8, 4) is 5.75 Å². The van der Waals surface area contributed by atoms with Crippen LogP contribution in [-0.4, -0.2) is 49.8 Å². The number of rotatable bonds is 5. The molecule has 1 amide bonds. The highest BCUT2D eigenvalue weighted by atomic mass is 35.5. The Bertz CT molecular complexity index is 522. The van der Waals surface area contributed by atoms with Crippen molar-refractivity contribution in [3.05, 3.63) is 42.0 Å². The molecule has 0 aromatic heterocycles. The van der Waals surface area contributed by atoms with Crippen LogP contribution < -0.4 is 10.5 Å². The van der Waals surface area contributed by atoms with Crippen LogP contribution in [0.2, 0.25) is 0 Å². The lowest BCUT2D eigenvalue weighted by molar-refractivity contribution is -0.0168. The average molecular weight is 327 g/mol. The zero-order chi connectivity index (χ0) is 15.2. The van der Waals surface area contributed by atoms with E-state index in [0.29, 0.717) is 44.2 Å². The number of halogens is 1. The summed E-state index contributed by atoms with van der Waals surface area (Å²) in [5, 5.41) is 0. The van der Waals surface area contributed by atoms with Crippen molar-refractivity contribution < 1.29 is 14.3 Å². The molecule has 0 aliphatic carbocycles. The second-order valence-corrected chi connectivity index (χ2v) is 5.22. The number of hydrogen-bond donors (Lipinski definition) is 1. The average Bonchev–Trinajstić information content (AvgIpc) is 2.52. The van der Waals surface area contributed by atoms with Gasteiger partial charge in [0.15, 0.2) is 0 Å². The van der Waals surface area contributed by atoms with Gasteiger partial charge in [-0.2, -0.15) is 0 Å². The first-order valence-electron chi connectivity index (χ1n) is 7.09. The van der Waals surface area contributed by atoms with Gasteiger partial charge < -0.3 is 20.1 Å². The first-order valence-corrected chi connectivity index (χ1v) is 7.09. The summed E-state index contributed by atoms with van der Waals surface area (Å²) >= 11 is 0. The predicted octanol–water partition coefficient (Wildman–Crippen LogP) is 1.86. The molecule has 6 heteroatoms. The lowest BCUT2D eigenvalue weighted by Gasteiger charge is -2.32. The summed E-state index contributed by atoms with van der Waals surface area (Å²) < 4.78 is 11.2. The van der Waals surface area contributed by atoms with Crippen LogP contribution in [0, 0.1) is 0 Å². The molecule has 0 radical (unpaired) electrons. The zero-order valence-corrected chi connectivity index (χ0v) is 13.6. The Labute approximate surface area is 137 Å². The number of carbonyl (C=O) groups excluding carboxylic acids is 1. The third-order valence-electron chi connectivity index (χ3n) is 3.28. The molecule has 122 valence electrons. The van der Waals surface area contributed by atoms with E-state index < -0.39 is 0 Å². The maximum atomic E-state index is 12.7. The molecule has 1 aromatic carbocycles. The van der Waals surface area contributed by atoms with Crippen molar-refractivity contribution in [2.75, 3.05) is 32.8 Å². The molecule has 2 rings (SSSR count). The first-order chi connectivity index (χ1) is 10.1. The van der Waals surface area contributed by atoms with Crippen LogP contribution in [-0.2, 0) is 4.74 Å².